The van der Waals surface area contributed by atoms with Crippen LogP contribution in [0.2, 0.25) is 0 Å². The maximum Gasteiger partial charge on any atom is 0.239 e. The molecule has 1 aliphatic rings. The normalized spacial score (nSPS) is 20.9. The summed E-state index contributed by atoms with van der Waals surface area (Å²) in [7, 11) is 0. The fraction of sp³-hybridized carbons (Fsp3) is 0.167. The molecule has 1 fully saturated rings. The van der Waals surface area contributed by atoms with Crippen molar-refractivity contribution >= 4 is 40.1 Å². The highest BCUT2D eigenvalue weighted by atomic mass is 127. The van der Waals surface area contributed by atoms with Gasteiger partial charge in [-0.2, -0.15) is 0 Å². The summed E-state index contributed by atoms with van der Waals surface area (Å²) in [5.41, 5.74) is 1.29. The Morgan fingerprint density at radius 2 is 1.65 bits per heavy atom. The fourth-order valence-corrected chi connectivity index (χ4v) is 3.39. The van der Waals surface area contributed by atoms with Gasteiger partial charge >= 0.3 is 0 Å². The van der Waals surface area contributed by atoms with Gasteiger partial charge < -0.3 is 5.32 Å². The van der Waals surface area contributed by atoms with Gasteiger partial charge in [-0.15, -0.1) is 0 Å². The molecule has 0 aliphatic carbocycles. The highest BCUT2D eigenvalue weighted by Gasteiger charge is 2.41. The number of rotatable bonds is 3. The van der Waals surface area contributed by atoms with Crippen LogP contribution in [0.25, 0.3) is 0 Å². The Bertz CT molecular complexity index is 755. The zero-order valence-electron chi connectivity index (χ0n) is 12.2. The van der Waals surface area contributed by atoms with Crippen molar-refractivity contribution in [3.8, 4) is 0 Å². The zero-order chi connectivity index (χ0) is 16.4. The van der Waals surface area contributed by atoms with Crippen LogP contribution in [0.1, 0.15) is 28.4 Å². The van der Waals surface area contributed by atoms with E-state index >= 15 is 0 Å². The minimum absolute atomic E-state index is 0.134. The van der Waals surface area contributed by atoms with Crippen molar-refractivity contribution < 1.29 is 14.4 Å². The number of nitrogens with one attached hydrogen (secondary N) is 1. The van der Waals surface area contributed by atoms with Crippen molar-refractivity contribution in [3.63, 3.8) is 0 Å². The van der Waals surface area contributed by atoms with Crippen LogP contribution in [0.5, 0.6) is 0 Å². The van der Waals surface area contributed by atoms with Crippen molar-refractivity contribution in [3.05, 3.63) is 69.3 Å². The molecule has 0 radical (unpaired) electrons. The number of benzene rings is 2. The van der Waals surface area contributed by atoms with Gasteiger partial charge in [0.25, 0.3) is 0 Å². The first-order valence-corrected chi connectivity index (χ1v) is 8.32. The van der Waals surface area contributed by atoms with E-state index in [2.05, 4.69) is 5.32 Å². The predicted molar refractivity (Wildman–Crippen MR) is 93.9 cm³/mol. The molecule has 1 amide bonds. The van der Waals surface area contributed by atoms with Gasteiger partial charge in [0.2, 0.25) is 5.91 Å². The standard InChI is InChI=1S/C18H14INO3/c19-13-9-5-4-8-12(13)17(22)16-15(21)10-14(20-18(16)23)11-6-2-1-3-7-11/h1-9,14,16H,10H2,(H,20,23). The molecule has 0 aromatic heterocycles. The number of Topliss-reactive ketones (excluding diaryl/α,β-unsaturated/α-hetero) is 2. The van der Waals surface area contributed by atoms with E-state index in [0.29, 0.717) is 5.56 Å². The molecule has 4 nitrogen and oxygen atoms in total. The van der Waals surface area contributed by atoms with E-state index in [-0.39, 0.29) is 18.2 Å². The first-order chi connectivity index (χ1) is 11.1. The first kappa shape index (κ1) is 15.9. The molecule has 0 spiro atoms. The number of carbonyl (C=O) groups excluding carboxylic acids is 3. The minimum Gasteiger partial charge on any atom is -0.348 e. The smallest absolute Gasteiger partial charge is 0.239 e. The second kappa shape index (κ2) is 6.62. The highest BCUT2D eigenvalue weighted by Crippen LogP contribution is 2.27. The van der Waals surface area contributed by atoms with Gasteiger partial charge in [-0.05, 0) is 34.2 Å². The molecule has 2 atom stereocenters. The molecular weight excluding hydrogens is 405 g/mol. The lowest BCUT2D eigenvalue weighted by Crippen LogP contribution is -2.48. The SMILES string of the molecule is O=C1CC(c2ccccc2)NC(=O)C1C(=O)c1ccccc1I. The summed E-state index contributed by atoms with van der Waals surface area (Å²) < 4.78 is 0.737. The molecule has 3 rings (SSSR count). The Labute approximate surface area is 147 Å². The highest BCUT2D eigenvalue weighted by molar-refractivity contribution is 14.1. The van der Waals surface area contributed by atoms with Crippen LogP contribution in [0.4, 0.5) is 0 Å². The third-order valence-corrected chi connectivity index (χ3v) is 4.85. The first-order valence-electron chi connectivity index (χ1n) is 7.24. The van der Waals surface area contributed by atoms with Crippen molar-refractivity contribution in [2.24, 2.45) is 5.92 Å². The zero-order valence-corrected chi connectivity index (χ0v) is 14.3. The minimum atomic E-state index is -1.24. The molecule has 116 valence electrons. The second-order valence-electron chi connectivity index (χ2n) is 5.42. The molecule has 1 N–H and O–H groups in total. The van der Waals surface area contributed by atoms with E-state index < -0.39 is 17.6 Å². The lowest BCUT2D eigenvalue weighted by Gasteiger charge is -2.28. The summed E-state index contributed by atoms with van der Waals surface area (Å²) in [6, 6.07) is 15.9. The Morgan fingerprint density at radius 1 is 1.00 bits per heavy atom. The van der Waals surface area contributed by atoms with Crippen LogP contribution in [-0.4, -0.2) is 17.5 Å². The van der Waals surface area contributed by atoms with Gasteiger partial charge in [-0.1, -0.05) is 48.5 Å². The average molecular weight is 419 g/mol. The van der Waals surface area contributed by atoms with Crippen molar-refractivity contribution in [2.75, 3.05) is 0 Å². The van der Waals surface area contributed by atoms with Crippen LogP contribution in [0, 0.1) is 9.49 Å². The summed E-state index contributed by atoms with van der Waals surface area (Å²) in [6.07, 6.45) is 0.134. The summed E-state index contributed by atoms with van der Waals surface area (Å²) in [6.45, 7) is 0. The molecule has 0 bridgehead atoms. The number of carbonyl (C=O) groups is 3. The van der Waals surface area contributed by atoms with Gasteiger partial charge in [0.1, 0.15) is 0 Å². The molecule has 0 saturated carbocycles. The van der Waals surface area contributed by atoms with Crippen molar-refractivity contribution in [2.45, 2.75) is 12.5 Å². The van der Waals surface area contributed by atoms with Gasteiger partial charge in [-0.3, -0.25) is 14.4 Å². The number of ketones is 2. The van der Waals surface area contributed by atoms with E-state index in [0.717, 1.165) is 9.13 Å². The summed E-state index contributed by atoms with van der Waals surface area (Å²) in [5.74, 6) is -2.51. The topological polar surface area (TPSA) is 63.2 Å². The molecule has 1 saturated heterocycles. The molecule has 1 aliphatic heterocycles. The van der Waals surface area contributed by atoms with Gasteiger partial charge in [0.15, 0.2) is 17.5 Å². The molecule has 23 heavy (non-hydrogen) atoms. The second-order valence-corrected chi connectivity index (χ2v) is 6.58. The lowest BCUT2D eigenvalue weighted by molar-refractivity contribution is -0.136. The average Bonchev–Trinajstić information content (AvgIpc) is 2.55. The van der Waals surface area contributed by atoms with Crippen LogP contribution in [-0.2, 0) is 9.59 Å². The van der Waals surface area contributed by atoms with Crippen molar-refractivity contribution in [1.29, 1.82) is 0 Å². The molecule has 1 heterocycles. The van der Waals surface area contributed by atoms with E-state index in [1.165, 1.54) is 0 Å². The number of halogens is 1. The largest absolute Gasteiger partial charge is 0.348 e. The lowest BCUT2D eigenvalue weighted by atomic mass is 9.84. The molecule has 2 aromatic rings. The Morgan fingerprint density at radius 3 is 2.30 bits per heavy atom. The molecule has 2 aromatic carbocycles. The fourth-order valence-electron chi connectivity index (χ4n) is 2.74. The summed E-state index contributed by atoms with van der Waals surface area (Å²) in [5, 5.41) is 2.80. The van der Waals surface area contributed by atoms with Gasteiger partial charge in [0, 0.05) is 15.6 Å². The maximum atomic E-state index is 12.6. The number of amides is 1. The quantitative estimate of drug-likeness (QED) is 0.473. The number of hydrogen-bond donors (Lipinski definition) is 1. The van der Waals surface area contributed by atoms with Gasteiger partial charge in [0.05, 0.1) is 6.04 Å². The monoisotopic (exact) mass is 419 g/mol. The third kappa shape index (κ3) is 3.19. The summed E-state index contributed by atoms with van der Waals surface area (Å²) >= 11 is 2.04. The van der Waals surface area contributed by atoms with Gasteiger partial charge in [-0.25, -0.2) is 0 Å². The van der Waals surface area contributed by atoms with E-state index in [9.17, 15) is 14.4 Å². The van der Waals surface area contributed by atoms with Crippen LogP contribution in [0.15, 0.2) is 54.6 Å². The van der Waals surface area contributed by atoms with Crippen LogP contribution < -0.4 is 5.32 Å². The van der Waals surface area contributed by atoms with E-state index in [4.69, 9.17) is 0 Å². The van der Waals surface area contributed by atoms with Crippen LogP contribution in [0.3, 0.4) is 0 Å². The number of hydrogen-bond acceptors (Lipinski definition) is 3. The Balaban J connectivity index is 1.84. The molecule has 5 heteroatoms. The van der Waals surface area contributed by atoms with Crippen LogP contribution >= 0.6 is 22.6 Å². The van der Waals surface area contributed by atoms with E-state index in [1.807, 2.05) is 59.0 Å². The maximum absolute atomic E-state index is 12.6. The van der Waals surface area contributed by atoms with Crippen molar-refractivity contribution in [1.82, 2.24) is 5.32 Å². The predicted octanol–water partition coefficient (Wildman–Crippen LogP) is 2.92. The number of piperidine rings is 1. The third-order valence-electron chi connectivity index (χ3n) is 3.91. The Kier molecular flexibility index (Phi) is 4.56. The summed E-state index contributed by atoms with van der Waals surface area (Å²) in [4.78, 5) is 37.4. The molecular formula is C18H14INO3. The van der Waals surface area contributed by atoms with E-state index in [1.54, 1.807) is 18.2 Å². The molecule has 2 unspecified atom stereocenters. The Hall–Kier alpha value is -2.02.